The molecule has 1 aromatic heterocycles. The molecule has 3 N–H and O–H groups in total. The Balaban J connectivity index is 2.72. The molecule has 17 heavy (non-hydrogen) atoms. The maximum absolute atomic E-state index is 11.9. The number of aromatic amines is 1. The van der Waals surface area contributed by atoms with Crippen LogP contribution in [-0.2, 0) is 0 Å². The fraction of sp³-hybridized carbons (Fsp3) is 0.615. The highest BCUT2D eigenvalue weighted by molar-refractivity contribution is 5.93. The molecular weight excluding hydrogens is 214 g/mol. The van der Waals surface area contributed by atoms with Gasteiger partial charge in [0.25, 0.3) is 5.91 Å². The molecule has 0 radical (unpaired) electrons. The van der Waals surface area contributed by atoms with Crippen molar-refractivity contribution in [3.05, 3.63) is 17.8 Å². The molecule has 0 atom stereocenters. The van der Waals surface area contributed by atoms with Gasteiger partial charge < -0.3 is 15.6 Å². The summed E-state index contributed by atoms with van der Waals surface area (Å²) in [4.78, 5) is 14.9. The minimum atomic E-state index is -0.222. The lowest BCUT2D eigenvalue weighted by Crippen LogP contribution is -2.40. The lowest BCUT2D eigenvalue weighted by Gasteiger charge is -2.21. The highest BCUT2D eigenvalue weighted by Gasteiger charge is 2.17. The predicted octanol–water partition coefficient (Wildman–Crippen LogP) is 2.75. The second-order valence-electron chi connectivity index (χ2n) is 6.36. The molecule has 4 nitrogen and oxygen atoms in total. The van der Waals surface area contributed by atoms with Crippen LogP contribution in [-0.4, -0.2) is 22.0 Å². The summed E-state index contributed by atoms with van der Waals surface area (Å²) in [7, 11) is 0. The normalized spacial score (nSPS) is 12.4. The van der Waals surface area contributed by atoms with E-state index in [1.54, 1.807) is 6.07 Å². The Morgan fingerprint density at radius 3 is 2.12 bits per heavy atom. The highest BCUT2D eigenvalue weighted by atomic mass is 16.2. The maximum Gasteiger partial charge on any atom is 0.268 e. The number of anilines is 1. The fourth-order valence-electron chi connectivity index (χ4n) is 1.41. The second-order valence-corrected chi connectivity index (χ2v) is 6.36. The number of nitrogens with one attached hydrogen (secondary N) is 3. The number of H-pyrrole nitrogens is 1. The summed E-state index contributed by atoms with van der Waals surface area (Å²) in [6, 6.07) is 3.66. The van der Waals surface area contributed by atoms with Crippen LogP contribution >= 0.6 is 0 Å². The van der Waals surface area contributed by atoms with Gasteiger partial charge in [-0.2, -0.15) is 0 Å². The minimum absolute atomic E-state index is 0.0252. The number of carbonyl (C=O) groups is 1. The molecule has 0 aliphatic rings. The first-order valence-electron chi connectivity index (χ1n) is 5.86. The molecule has 0 saturated carbocycles. The van der Waals surface area contributed by atoms with Gasteiger partial charge in [0.1, 0.15) is 11.5 Å². The molecule has 0 bridgehead atoms. The highest BCUT2D eigenvalue weighted by Crippen LogP contribution is 2.14. The summed E-state index contributed by atoms with van der Waals surface area (Å²) in [5.74, 6) is 0.774. The Bertz CT molecular complexity index is 394. The molecule has 0 spiro atoms. The lowest BCUT2D eigenvalue weighted by atomic mass is 10.1. The van der Waals surface area contributed by atoms with Gasteiger partial charge in [-0.05, 0) is 53.7 Å². The molecule has 4 heteroatoms. The van der Waals surface area contributed by atoms with Crippen LogP contribution in [0.5, 0.6) is 0 Å². The molecule has 0 aromatic carbocycles. The molecule has 96 valence electrons. The summed E-state index contributed by atoms with van der Waals surface area (Å²) in [5, 5.41) is 6.20. The largest absolute Gasteiger partial charge is 0.367 e. The lowest BCUT2D eigenvalue weighted by molar-refractivity contribution is 0.0915. The van der Waals surface area contributed by atoms with Crippen LogP contribution < -0.4 is 10.6 Å². The number of hydrogen-bond acceptors (Lipinski definition) is 2. The zero-order chi connectivity index (χ0) is 13.3. The third-order valence-corrected chi connectivity index (χ3v) is 1.93. The van der Waals surface area contributed by atoms with Gasteiger partial charge in [0.2, 0.25) is 0 Å². The van der Waals surface area contributed by atoms with Gasteiger partial charge in [-0.25, -0.2) is 0 Å². The average Bonchev–Trinajstić information content (AvgIpc) is 2.45. The van der Waals surface area contributed by atoms with Crippen molar-refractivity contribution in [1.29, 1.82) is 0 Å². The third-order valence-electron chi connectivity index (χ3n) is 1.93. The molecule has 0 aliphatic carbocycles. The molecule has 0 fully saturated rings. The summed E-state index contributed by atoms with van der Waals surface area (Å²) in [6.07, 6.45) is 0. The van der Waals surface area contributed by atoms with Crippen LogP contribution in [0.4, 0.5) is 5.82 Å². The Hall–Kier alpha value is -1.45. The quantitative estimate of drug-likeness (QED) is 0.740. The molecule has 1 heterocycles. The minimum Gasteiger partial charge on any atom is -0.367 e. The van der Waals surface area contributed by atoms with Crippen LogP contribution in [0.2, 0.25) is 0 Å². The third kappa shape index (κ3) is 4.93. The van der Waals surface area contributed by atoms with E-state index in [2.05, 4.69) is 36.4 Å². The molecular formula is C13H23N3O. The van der Waals surface area contributed by atoms with Gasteiger partial charge in [-0.1, -0.05) is 0 Å². The fourth-order valence-corrected chi connectivity index (χ4v) is 1.41. The first-order chi connectivity index (χ1) is 7.57. The van der Waals surface area contributed by atoms with E-state index in [1.165, 1.54) is 0 Å². The molecule has 0 aliphatic heterocycles. The van der Waals surface area contributed by atoms with Crippen molar-refractivity contribution in [2.45, 2.75) is 52.6 Å². The van der Waals surface area contributed by atoms with Crippen LogP contribution in [0.1, 0.15) is 52.0 Å². The van der Waals surface area contributed by atoms with Crippen molar-refractivity contribution >= 4 is 11.7 Å². The van der Waals surface area contributed by atoms with Crippen molar-refractivity contribution in [3.8, 4) is 0 Å². The van der Waals surface area contributed by atoms with E-state index in [9.17, 15) is 4.79 Å². The summed E-state index contributed by atoms with van der Waals surface area (Å²) in [5.41, 5.74) is 0.328. The first kappa shape index (κ1) is 13.6. The summed E-state index contributed by atoms with van der Waals surface area (Å²) >= 11 is 0. The first-order valence-corrected chi connectivity index (χ1v) is 5.86. The zero-order valence-electron chi connectivity index (χ0n) is 11.6. The van der Waals surface area contributed by atoms with Gasteiger partial charge in [0.05, 0.1) is 0 Å². The van der Waals surface area contributed by atoms with Gasteiger partial charge in [-0.15, -0.1) is 0 Å². The topological polar surface area (TPSA) is 56.9 Å². The zero-order valence-corrected chi connectivity index (χ0v) is 11.6. The van der Waals surface area contributed by atoms with Crippen LogP contribution in [0, 0.1) is 0 Å². The van der Waals surface area contributed by atoms with E-state index in [1.807, 2.05) is 26.8 Å². The maximum atomic E-state index is 11.9. The van der Waals surface area contributed by atoms with Crippen LogP contribution in [0.15, 0.2) is 12.1 Å². The SMILES string of the molecule is CC(C)(C)NC(=O)c1ccc(NC(C)(C)C)[nH]1. The van der Waals surface area contributed by atoms with Crippen molar-refractivity contribution in [2.24, 2.45) is 0 Å². The van der Waals surface area contributed by atoms with E-state index in [-0.39, 0.29) is 17.0 Å². The molecule has 1 aromatic rings. The van der Waals surface area contributed by atoms with Gasteiger partial charge in [0.15, 0.2) is 0 Å². The molecule has 1 rings (SSSR count). The van der Waals surface area contributed by atoms with Crippen molar-refractivity contribution in [2.75, 3.05) is 5.32 Å². The van der Waals surface area contributed by atoms with E-state index in [0.29, 0.717) is 5.69 Å². The summed E-state index contributed by atoms with van der Waals surface area (Å²) in [6.45, 7) is 12.1. The van der Waals surface area contributed by atoms with E-state index < -0.39 is 0 Å². The number of carbonyl (C=O) groups excluding carboxylic acids is 1. The van der Waals surface area contributed by atoms with Crippen LogP contribution in [0.25, 0.3) is 0 Å². The Morgan fingerprint density at radius 2 is 1.65 bits per heavy atom. The number of amides is 1. The standard InChI is InChI=1S/C13H23N3O/c1-12(2,3)15-10-8-7-9(14-10)11(17)16-13(4,5)6/h7-8,14-15H,1-6H3,(H,16,17). The molecule has 0 unspecified atom stereocenters. The van der Waals surface area contributed by atoms with Gasteiger partial charge in [0, 0.05) is 11.1 Å². The second kappa shape index (κ2) is 4.43. The van der Waals surface area contributed by atoms with Crippen molar-refractivity contribution < 1.29 is 4.79 Å². The smallest absolute Gasteiger partial charge is 0.268 e. The van der Waals surface area contributed by atoms with Gasteiger partial charge in [-0.3, -0.25) is 4.79 Å². The van der Waals surface area contributed by atoms with E-state index >= 15 is 0 Å². The number of rotatable bonds is 2. The van der Waals surface area contributed by atoms with E-state index in [0.717, 1.165) is 5.82 Å². The van der Waals surface area contributed by atoms with E-state index in [4.69, 9.17) is 0 Å². The average molecular weight is 237 g/mol. The van der Waals surface area contributed by atoms with Crippen molar-refractivity contribution in [1.82, 2.24) is 10.3 Å². The Morgan fingerprint density at radius 1 is 1.06 bits per heavy atom. The predicted molar refractivity (Wildman–Crippen MR) is 71.4 cm³/mol. The number of hydrogen-bond donors (Lipinski definition) is 3. The number of aromatic nitrogens is 1. The Labute approximate surface area is 103 Å². The van der Waals surface area contributed by atoms with Crippen molar-refractivity contribution in [3.63, 3.8) is 0 Å². The Kier molecular flexibility index (Phi) is 3.55. The van der Waals surface area contributed by atoms with Gasteiger partial charge >= 0.3 is 0 Å². The summed E-state index contributed by atoms with van der Waals surface area (Å²) < 4.78 is 0. The molecule has 0 saturated heterocycles. The monoisotopic (exact) mass is 237 g/mol. The molecule has 1 amide bonds. The van der Waals surface area contributed by atoms with Crippen LogP contribution in [0.3, 0.4) is 0 Å².